The Balaban J connectivity index is 3.90. The van der Waals surface area contributed by atoms with Crippen LogP contribution < -0.4 is 0 Å². The van der Waals surface area contributed by atoms with Gasteiger partial charge in [0.15, 0.2) is 5.44 Å². The molecule has 0 amide bonds. The normalized spacial score (nSPS) is 15.4. The van der Waals surface area contributed by atoms with Crippen molar-refractivity contribution in [3.05, 3.63) is 0 Å². The van der Waals surface area contributed by atoms with Gasteiger partial charge >= 0.3 is 0 Å². The summed E-state index contributed by atoms with van der Waals surface area (Å²) in [6.07, 6.45) is 0.611. The smallest absolute Gasteiger partial charge is 0.291 e. The molecule has 0 aromatic rings. The van der Waals surface area contributed by atoms with Crippen molar-refractivity contribution in [3.8, 4) is 0 Å². The van der Waals surface area contributed by atoms with Crippen LogP contribution in [0.5, 0.6) is 0 Å². The third-order valence-electron chi connectivity index (χ3n) is 0.879. The van der Waals surface area contributed by atoms with Crippen molar-refractivity contribution in [2.24, 2.45) is 0 Å². The lowest BCUT2D eigenvalue weighted by atomic mass is 10.4. The molecule has 0 aromatic heterocycles. The predicted molar refractivity (Wildman–Crippen MR) is 32.5 cm³/mol. The van der Waals surface area contributed by atoms with Gasteiger partial charge in [-0.25, -0.2) is 0 Å². The molecule has 0 radical (unpaired) electrons. The average molecular weight is 154 g/mol. The van der Waals surface area contributed by atoms with E-state index in [4.69, 9.17) is 9.66 Å². The number of hydrogen-bond donors (Lipinski definition) is 2. The van der Waals surface area contributed by atoms with E-state index in [-0.39, 0.29) is 6.42 Å². The molecule has 2 N–H and O–H groups in total. The van der Waals surface area contributed by atoms with E-state index in [9.17, 15) is 8.42 Å². The van der Waals surface area contributed by atoms with E-state index < -0.39 is 15.6 Å². The SMILES string of the molecule is CCC[C@H](O)S(=O)(=O)O. The Kier molecular flexibility index (Phi) is 3.10. The average Bonchev–Trinajstić information content (AvgIpc) is 1.64. The van der Waals surface area contributed by atoms with E-state index in [1.165, 1.54) is 0 Å². The fourth-order valence-electron chi connectivity index (χ4n) is 0.396. The molecule has 9 heavy (non-hydrogen) atoms. The van der Waals surface area contributed by atoms with Crippen molar-refractivity contribution < 1.29 is 18.1 Å². The third-order valence-corrected chi connectivity index (χ3v) is 1.80. The van der Waals surface area contributed by atoms with Crippen molar-refractivity contribution >= 4 is 10.1 Å². The highest BCUT2D eigenvalue weighted by molar-refractivity contribution is 7.86. The minimum absolute atomic E-state index is 0.0822. The molecule has 0 aromatic carbocycles. The van der Waals surface area contributed by atoms with Crippen molar-refractivity contribution in [1.82, 2.24) is 0 Å². The predicted octanol–water partition coefficient (Wildman–Crippen LogP) is -0.00730. The quantitative estimate of drug-likeness (QED) is 0.561. The van der Waals surface area contributed by atoms with Crippen molar-refractivity contribution in [2.75, 3.05) is 0 Å². The summed E-state index contributed by atoms with van der Waals surface area (Å²) in [4.78, 5) is 0. The molecule has 0 heterocycles. The number of aliphatic hydroxyl groups excluding tert-OH is 1. The lowest BCUT2D eigenvalue weighted by Crippen LogP contribution is -2.18. The Morgan fingerprint density at radius 3 is 2.11 bits per heavy atom. The summed E-state index contributed by atoms with van der Waals surface area (Å²) >= 11 is 0. The van der Waals surface area contributed by atoms with Gasteiger partial charge in [0, 0.05) is 0 Å². The summed E-state index contributed by atoms with van der Waals surface area (Å²) in [6.45, 7) is 1.72. The molecule has 0 unspecified atom stereocenters. The molecule has 0 fully saturated rings. The van der Waals surface area contributed by atoms with Gasteiger partial charge in [0.1, 0.15) is 0 Å². The van der Waals surface area contributed by atoms with Gasteiger partial charge < -0.3 is 5.11 Å². The number of rotatable bonds is 3. The molecular weight excluding hydrogens is 144 g/mol. The Bertz CT molecular complexity index is 159. The monoisotopic (exact) mass is 154 g/mol. The van der Waals surface area contributed by atoms with Gasteiger partial charge in [-0.3, -0.25) is 4.55 Å². The molecule has 56 valence electrons. The van der Waals surface area contributed by atoms with Crippen LogP contribution in [0, 0.1) is 0 Å². The van der Waals surface area contributed by atoms with E-state index in [0.29, 0.717) is 6.42 Å². The van der Waals surface area contributed by atoms with Gasteiger partial charge in [-0.15, -0.1) is 0 Å². The Hall–Kier alpha value is -0.130. The lowest BCUT2D eigenvalue weighted by Gasteiger charge is -2.02. The van der Waals surface area contributed by atoms with Crippen LogP contribution in [-0.2, 0) is 10.1 Å². The van der Waals surface area contributed by atoms with Crippen LogP contribution >= 0.6 is 0 Å². The zero-order valence-corrected chi connectivity index (χ0v) is 5.93. The van der Waals surface area contributed by atoms with Crippen LogP contribution in [0.2, 0.25) is 0 Å². The van der Waals surface area contributed by atoms with Crippen molar-refractivity contribution in [1.29, 1.82) is 0 Å². The zero-order valence-electron chi connectivity index (χ0n) is 5.11. The van der Waals surface area contributed by atoms with Crippen molar-refractivity contribution in [2.45, 2.75) is 25.2 Å². The van der Waals surface area contributed by atoms with Gasteiger partial charge in [0.05, 0.1) is 0 Å². The molecule has 0 saturated heterocycles. The second-order valence-electron chi connectivity index (χ2n) is 1.76. The van der Waals surface area contributed by atoms with Gasteiger partial charge in [-0.05, 0) is 6.42 Å². The maximum Gasteiger partial charge on any atom is 0.291 e. The molecule has 0 spiro atoms. The summed E-state index contributed by atoms with van der Waals surface area (Å²) in [5.41, 5.74) is -1.61. The standard InChI is InChI=1S/C4H10O4S/c1-2-3-4(5)9(6,7)8/h4-5H,2-3H2,1H3,(H,6,7,8)/t4-/m1/s1. The Morgan fingerprint density at radius 2 is 2.00 bits per heavy atom. The first-order valence-corrected chi connectivity index (χ1v) is 4.13. The first-order chi connectivity index (χ1) is 3.98. The van der Waals surface area contributed by atoms with Gasteiger partial charge in [0.25, 0.3) is 10.1 Å². The van der Waals surface area contributed by atoms with E-state index >= 15 is 0 Å². The molecule has 0 rings (SSSR count). The van der Waals surface area contributed by atoms with Crippen LogP contribution in [-0.4, -0.2) is 23.5 Å². The maximum absolute atomic E-state index is 10.0. The highest BCUT2D eigenvalue weighted by Crippen LogP contribution is 2.01. The zero-order chi connectivity index (χ0) is 7.49. The molecule has 4 nitrogen and oxygen atoms in total. The van der Waals surface area contributed by atoms with E-state index in [1.807, 2.05) is 0 Å². The van der Waals surface area contributed by atoms with Gasteiger partial charge in [-0.2, -0.15) is 8.42 Å². The molecule has 0 aliphatic heterocycles. The molecule has 0 aliphatic rings. The van der Waals surface area contributed by atoms with E-state index in [0.717, 1.165) is 0 Å². The van der Waals surface area contributed by atoms with Crippen LogP contribution in [0.1, 0.15) is 19.8 Å². The molecular formula is C4H10O4S. The summed E-state index contributed by atoms with van der Waals surface area (Å²) in [6, 6.07) is 0. The minimum atomic E-state index is -4.21. The number of aliphatic hydroxyl groups is 1. The van der Waals surface area contributed by atoms with Gasteiger partial charge in [0.2, 0.25) is 0 Å². The van der Waals surface area contributed by atoms with E-state index in [1.54, 1.807) is 6.92 Å². The summed E-state index contributed by atoms with van der Waals surface area (Å²) in [5, 5.41) is 8.55. The highest BCUT2D eigenvalue weighted by atomic mass is 32.2. The van der Waals surface area contributed by atoms with Crippen LogP contribution in [0.4, 0.5) is 0 Å². The first-order valence-electron chi connectivity index (χ1n) is 2.63. The molecule has 5 heteroatoms. The Morgan fingerprint density at radius 1 is 1.56 bits per heavy atom. The topological polar surface area (TPSA) is 74.6 Å². The lowest BCUT2D eigenvalue weighted by molar-refractivity contribution is 0.222. The molecule has 1 atom stereocenters. The Labute approximate surface area is 54.3 Å². The molecule has 0 bridgehead atoms. The van der Waals surface area contributed by atoms with Crippen LogP contribution in [0.3, 0.4) is 0 Å². The summed E-state index contributed by atoms with van der Waals surface area (Å²) < 4.78 is 28.2. The van der Waals surface area contributed by atoms with Gasteiger partial charge in [-0.1, -0.05) is 13.3 Å². The minimum Gasteiger partial charge on any atom is -0.375 e. The summed E-state index contributed by atoms with van der Waals surface area (Å²) in [5.74, 6) is 0. The summed E-state index contributed by atoms with van der Waals surface area (Å²) in [7, 11) is -4.21. The second-order valence-corrected chi connectivity index (χ2v) is 3.33. The fraction of sp³-hybridized carbons (Fsp3) is 1.00. The van der Waals surface area contributed by atoms with Crippen LogP contribution in [0.15, 0.2) is 0 Å². The third kappa shape index (κ3) is 3.45. The largest absolute Gasteiger partial charge is 0.375 e. The van der Waals surface area contributed by atoms with E-state index in [2.05, 4.69) is 0 Å². The highest BCUT2D eigenvalue weighted by Gasteiger charge is 2.17. The second kappa shape index (κ2) is 3.14. The van der Waals surface area contributed by atoms with Crippen LogP contribution in [0.25, 0.3) is 0 Å². The molecule has 0 saturated carbocycles. The maximum atomic E-state index is 10.0. The first kappa shape index (κ1) is 8.87. The fourth-order valence-corrected chi connectivity index (χ4v) is 0.929. The van der Waals surface area contributed by atoms with Crippen molar-refractivity contribution in [3.63, 3.8) is 0 Å². The number of hydrogen-bond acceptors (Lipinski definition) is 3. The molecule has 0 aliphatic carbocycles.